The first kappa shape index (κ1) is 18.5. The number of fused-ring (bicyclic) bond motifs is 1. The first-order valence-corrected chi connectivity index (χ1v) is 10.0. The summed E-state index contributed by atoms with van der Waals surface area (Å²) in [5.74, 6) is 0. The fraction of sp³-hybridized carbons (Fsp3) is 0.632. The average Bonchev–Trinajstić information content (AvgIpc) is 2.82. The van der Waals surface area contributed by atoms with E-state index in [1.54, 1.807) is 0 Å². The van der Waals surface area contributed by atoms with Crippen molar-refractivity contribution in [3.63, 3.8) is 0 Å². The van der Waals surface area contributed by atoms with Crippen molar-refractivity contribution >= 4 is 17.5 Å². The highest BCUT2D eigenvalue weighted by molar-refractivity contribution is 7.90. The number of nitrogens with zero attached hydrogens (tertiary/aromatic N) is 1. The molecule has 3 rings (SSSR count). The zero-order valence-electron chi connectivity index (χ0n) is 15.5. The molecule has 1 aliphatic heterocycles. The number of hydrogen-bond donors (Lipinski definition) is 2. The van der Waals surface area contributed by atoms with Crippen LogP contribution in [0.15, 0.2) is 18.2 Å². The summed E-state index contributed by atoms with van der Waals surface area (Å²) in [6.45, 7) is 9.14. The van der Waals surface area contributed by atoms with Gasteiger partial charge in [0.15, 0.2) is 0 Å². The molecule has 1 spiro atoms. The minimum Gasteiger partial charge on any atom is -0.598 e. The fourth-order valence-electron chi connectivity index (χ4n) is 4.10. The van der Waals surface area contributed by atoms with Gasteiger partial charge in [0.1, 0.15) is 4.75 Å². The van der Waals surface area contributed by atoms with E-state index in [-0.39, 0.29) is 16.2 Å². The van der Waals surface area contributed by atoms with Gasteiger partial charge >= 0.3 is 6.09 Å². The normalized spacial score (nSPS) is 23.6. The summed E-state index contributed by atoms with van der Waals surface area (Å²) in [5, 5.41) is 9.27. The van der Waals surface area contributed by atoms with Gasteiger partial charge in [-0.15, -0.1) is 4.72 Å². The van der Waals surface area contributed by atoms with Crippen LogP contribution in [0, 0.1) is 12.3 Å². The molecule has 1 heterocycles. The number of nitrogens with one attached hydrogen (secondary N) is 1. The van der Waals surface area contributed by atoms with Gasteiger partial charge in [-0.05, 0) is 63.6 Å². The molecule has 2 atom stereocenters. The van der Waals surface area contributed by atoms with Gasteiger partial charge in [0.2, 0.25) is 0 Å². The molecule has 138 valence electrons. The number of aryl methyl sites for hydroxylation is 1. The summed E-state index contributed by atoms with van der Waals surface area (Å²) in [4.78, 5) is 12.8. The lowest BCUT2D eigenvalue weighted by molar-refractivity contribution is 0.0764. The van der Waals surface area contributed by atoms with Crippen LogP contribution in [0.25, 0.3) is 0 Å². The lowest BCUT2D eigenvalue weighted by atomic mass is 9.73. The Bertz CT molecular complexity index is 663. The Kier molecular flexibility index (Phi) is 4.81. The standard InChI is InChI=1S/C19H28N2O3S/c1-13-6-5-7-14-15(13)12-19(8-10-21(11-9-19)17(22)23)16(14)20-25(24)18(2,3)4/h5-7,16,20H,8-12H2,1-4H3,(H,22,23)/t16-,25?/m1/s1. The third-order valence-corrected chi connectivity index (χ3v) is 7.27. The van der Waals surface area contributed by atoms with Crippen LogP contribution in [0.2, 0.25) is 0 Å². The second-order valence-corrected chi connectivity index (χ2v) is 10.4. The Labute approximate surface area is 153 Å². The minimum atomic E-state index is -1.17. The lowest BCUT2D eigenvalue weighted by Crippen LogP contribution is -2.50. The lowest BCUT2D eigenvalue weighted by Gasteiger charge is -2.43. The van der Waals surface area contributed by atoms with Crippen molar-refractivity contribution in [1.29, 1.82) is 0 Å². The van der Waals surface area contributed by atoms with Crippen molar-refractivity contribution in [3.8, 4) is 0 Å². The van der Waals surface area contributed by atoms with Crippen LogP contribution in [-0.4, -0.2) is 38.5 Å². The van der Waals surface area contributed by atoms with Crippen molar-refractivity contribution in [1.82, 2.24) is 9.62 Å². The van der Waals surface area contributed by atoms with E-state index >= 15 is 0 Å². The summed E-state index contributed by atoms with van der Waals surface area (Å²) in [5.41, 5.74) is 3.79. The van der Waals surface area contributed by atoms with Gasteiger partial charge in [0, 0.05) is 29.9 Å². The van der Waals surface area contributed by atoms with E-state index in [0.717, 1.165) is 19.3 Å². The molecular formula is C19H28N2O3S. The number of benzene rings is 1. The number of carboxylic acid groups (broad SMARTS) is 1. The molecule has 2 N–H and O–H groups in total. The quantitative estimate of drug-likeness (QED) is 0.789. The van der Waals surface area contributed by atoms with Gasteiger partial charge in [0.25, 0.3) is 0 Å². The van der Waals surface area contributed by atoms with Gasteiger partial charge in [-0.25, -0.2) is 4.79 Å². The molecule has 1 aromatic carbocycles. The Morgan fingerprint density at radius 3 is 2.56 bits per heavy atom. The highest BCUT2D eigenvalue weighted by Crippen LogP contribution is 2.53. The Balaban J connectivity index is 1.92. The van der Waals surface area contributed by atoms with E-state index in [9.17, 15) is 14.5 Å². The molecule has 5 nitrogen and oxygen atoms in total. The molecule has 1 unspecified atom stereocenters. The predicted octanol–water partition coefficient (Wildman–Crippen LogP) is 3.40. The van der Waals surface area contributed by atoms with Crippen molar-refractivity contribution in [2.24, 2.45) is 5.41 Å². The molecule has 1 saturated heterocycles. The summed E-state index contributed by atoms with van der Waals surface area (Å²) in [7, 11) is 0. The van der Waals surface area contributed by atoms with Gasteiger partial charge in [0.05, 0.1) is 6.04 Å². The minimum absolute atomic E-state index is 0.0124. The number of likely N-dealkylation sites (tertiary alicyclic amines) is 1. The molecule has 1 aliphatic carbocycles. The fourth-order valence-corrected chi connectivity index (χ4v) is 5.05. The molecule has 0 saturated carbocycles. The van der Waals surface area contributed by atoms with Crippen LogP contribution in [0.5, 0.6) is 0 Å². The Morgan fingerprint density at radius 1 is 1.36 bits per heavy atom. The van der Waals surface area contributed by atoms with Crippen molar-refractivity contribution < 1.29 is 14.5 Å². The zero-order chi connectivity index (χ0) is 18.4. The van der Waals surface area contributed by atoms with Crippen molar-refractivity contribution in [2.75, 3.05) is 13.1 Å². The molecule has 0 bridgehead atoms. The first-order valence-electron chi connectivity index (χ1n) is 8.88. The average molecular weight is 365 g/mol. The summed E-state index contributed by atoms with van der Waals surface area (Å²) in [6, 6.07) is 6.34. The maximum absolute atomic E-state index is 12.8. The van der Waals surface area contributed by atoms with Gasteiger partial charge in [-0.2, -0.15) is 0 Å². The largest absolute Gasteiger partial charge is 0.598 e. The second kappa shape index (κ2) is 6.49. The van der Waals surface area contributed by atoms with E-state index < -0.39 is 17.5 Å². The van der Waals surface area contributed by atoms with Crippen LogP contribution in [0.3, 0.4) is 0 Å². The summed E-state index contributed by atoms with van der Waals surface area (Å²) in [6.07, 6.45) is 1.68. The van der Waals surface area contributed by atoms with Gasteiger partial charge in [-0.3, -0.25) is 0 Å². The van der Waals surface area contributed by atoms with Crippen molar-refractivity contribution in [2.45, 2.75) is 57.7 Å². The van der Waals surface area contributed by atoms with Gasteiger partial charge in [-0.1, -0.05) is 18.2 Å². The maximum Gasteiger partial charge on any atom is 0.407 e. The monoisotopic (exact) mass is 364 g/mol. The molecule has 1 aromatic rings. The van der Waals surface area contributed by atoms with E-state index in [4.69, 9.17) is 0 Å². The van der Waals surface area contributed by atoms with Crippen LogP contribution in [0.4, 0.5) is 4.79 Å². The summed E-state index contributed by atoms with van der Waals surface area (Å²) >= 11 is -1.17. The smallest absolute Gasteiger partial charge is 0.407 e. The molecule has 1 fully saturated rings. The Hall–Kier alpha value is -1.24. The van der Waals surface area contributed by atoms with E-state index in [0.29, 0.717) is 13.1 Å². The number of hydrogen-bond acceptors (Lipinski definition) is 3. The topological polar surface area (TPSA) is 75.6 Å². The number of piperidine rings is 1. The van der Waals surface area contributed by atoms with Crippen LogP contribution < -0.4 is 4.72 Å². The Morgan fingerprint density at radius 2 is 2.00 bits per heavy atom. The second-order valence-electron chi connectivity index (χ2n) is 8.38. The molecule has 1 amide bonds. The first-order chi connectivity index (χ1) is 11.6. The molecule has 0 radical (unpaired) electrons. The highest BCUT2D eigenvalue weighted by atomic mass is 32.2. The number of amides is 1. The molecule has 6 heteroatoms. The summed E-state index contributed by atoms with van der Waals surface area (Å²) < 4.78 is 15.9. The molecule has 2 aliphatic rings. The highest BCUT2D eigenvalue weighted by Gasteiger charge is 2.51. The molecule has 0 aromatic heterocycles. The van der Waals surface area contributed by atoms with Crippen LogP contribution in [-0.2, 0) is 17.8 Å². The third kappa shape index (κ3) is 3.39. The van der Waals surface area contributed by atoms with E-state index in [2.05, 4.69) is 29.8 Å². The van der Waals surface area contributed by atoms with Crippen LogP contribution in [0.1, 0.15) is 56.3 Å². The van der Waals surface area contributed by atoms with Crippen molar-refractivity contribution in [3.05, 3.63) is 34.9 Å². The van der Waals surface area contributed by atoms with Crippen LogP contribution >= 0.6 is 0 Å². The number of carbonyl (C=O) groups is 1. The van der Waals surface area contributed by atoms with E-state index in [1.165, 1.54) is 21.6 Å². The maximum atomic E-state index is 12.8. The third-order valence-electron chi connectivity index (χ3n) is 5.71. The molecule has 25 heavy (non-hydrogen) atoms. The predicted molar refractivity (Wildman–Crippen MR) is 99.9 cm³/mol. The zero-order valence-corrected chi connectivity index (χ0v) is 16.3. The molecular weight excluding hydrogens is 336 g/mol. The number of rotatable bonds is 2. The van der Waals surface area contributed by atoms with E-state index in [1.807, 2.05) is 20.8 Å². The SMILES string of the molecule is Cc1cccc2c1CC1(CCN(C(=O)O)CC1)[C@@H]2N[S+]([O-])C(C)(C)C. The van der Waals surface area contributed by atoms with Gasteiger partial charge < -0.3 is 14.6 Å².